The quantitative estimate of drug-likeness (QED) is 0.602. The van der Waals surface area contributed by atoms with Crippen molar-refractivity contribution in [2.75, 3.05) is 36.8 Å². The summed E-state index contributed by atoms with van der Waals surface area (Å²) in [5, 5.41) is 11.5. The Morgan fingerprint density at radius 1 is 1.19 bits per heavy atom. The summed E-state index contributed by atoms with van der Waals surface area (Å²) in [7, 11) is -3.75. The smallest absolute Gasteiger partial charge is 0.238 e. The van der Waals surface area contributed by atoms with Gasteiger partial charge >= 0.3 is 0 Å². The number of nitrogens with two attached hydrogens (primary N) is 1. The lowest BCUT2D eigenvalue weighted by Gasteiger charge is -2.14. The van der Waals surface area contributed by atoms with Crippen molar-refractivity contribution in [2.24, 2.45) is 5.14 Å². The second-order valence-electron chi connectivity index (χ2n) is 6.29. The van der Waals surface area contributed by atoms with Crippen molar-refractivity contribution in [1.29, 1.82) is 0 Å². The van der Waals surface area contributed by atoms with E-state index < -0.39 is 10.0 Å². The summed E-state index contributed by atoms with van der Waals surface area (Å²) in [5.41, 5.74) is 0.558. The van der Waals surface area contributed by atoms with Gasteiger partial charge in [-0.05, 0) is 63.2 Å². The average molecular weight is 376 g/mol. The van der Waals surface area contributed by atoms with Gasteiger partial charge < -0.3 is 15.5 Å². The van der Waals surface area contributed by atoms with Crippen LogP contribution in [0.5, 0.6) is 0 Å². The number of likely N-dealkylation sites (tertiary alicyclic amines) is 1. The molecule has 26 heavy (non-hydrogen) atoms. The number of nitrogens with one attached hydrogen (secondary N) is 2. The SMILES string of the molecule is NS(=O)(=O)c1cccc(Nc2nccc(NCCCN3CCCC3)n2)c1. The number of sulfonamides is 1. The molecule has 1 aliphatic heterocycles. The molecule has 1 aromatic heterocycles. The minimum atomic E-state index is -3.75. The van der Waals surface area contributed by atoms with Crippen LogP contribution >= 0.6 is 0 Å². The van der Waals surface area contributed by atoms with E-state index in [1.165, 1.54) is 38.1 Å². The highest BCUT2D eigenvalue weighted by Gasteiger charge is 2.10. The van der Waals surface area contributed by atoms with Crippen LogP contribution in [0.4, 0.5) is 17.5 Å². The molecule has 1 saturated heterocycles. The third kappa shape index (κ3) is 5.38. The molecule has 4 N–H and O–H groups in total. The first kappa shape index (κ1) is 18.6. The number of aromatic nitrogens is 2. The first-order valence-electron chi connectivity index (χ1n) is 8.70. The summed E-state index contributed by atoms with van der Waals surface area (Å²) in [5.74, 6) is 1.12. The highest BCUT2D eigenvalue weighted by atomic mass is 32.2. The largest absolute Gasteiger partial charge is 0.370 e. The molecule has 2 heterocycles. The Morgan fingerprint density at radius 2 is 2.00 bits per heavy atom. The minimum Gasteiger partial charge on any atom is -0.370 e. The van der Waals surface area contributed by atoms with Gasteiger partial charge in [0, 0.05) is 18.4 Å². The van der Waals surface area contributed by atoms with Crippen molar-refractivity contribution in [3.05, 3.63) is 36.5 Å². The topological polar surface area (TPSA) is 113 Å². The minimum absolute atomic E-state index is 0.0405. The van der Waals surface area contributed by atoms with Crippen LogP contribution in [0.1, 0.15) is 19.3 Å². The number of hydrogen-bond acceptors (Lipinski definition) is 7. The predicted octanol–water partition coefficient (Wildman–Crippen LogP) is 1.77. The Hall–Kier alpha value is -2.23. The van der Waals surface area contributed by atoms with E-state index in [-0.39, 0.29) is 4.90 Å². The van der Waals surface area contributed by atoms with Crippen LogP contribution in [0.2, 0.25) is 0 Å². The fourth-order valence-electron chi connectivity index (χ4n) is 2.92. The van der Waals surface area contributed by atoms with Crippen LogP contribution in [-0.4, -0.2) is 49.5 Å². The van der Waals surface area contributed by atoms with Crippen LogP contribution in [0.15, 0.2) is 41.4 Å². The molecule has 2 aromatic rings. The molecule has 1 fully saturated rings. The summed E-state index contributed by atoms with van der Waals surface area (Å²) in [6.07, 6.45) is 5.33. The molecule has 0 amide bonds. The van der Waals surface area contributed by atoms with E-state index in [4.69, 9.17) is 5.14 Å². The van der Waals surface area contributed by atoms with E-state index >= 15 is 0 Å². The van der Waals surface area contributed by atoms with E-state index in [0.717, 1.165) is 25.3 Å². The first-order valence-corrected chi connectivity index (χ1v) is 10.2. The van der Waals surface area contributed by atoms with Gasteiger partial charge in [-0.1, -0.05) is 6.07 Å². The zero-order valence-corrected chi connectivity index (χ0v) is 15.4. The molecule has 0 radical (unpaired) electrons. The van der Waals surface area contributed by atoms with Gasteiger partial charge in [-0.3, -0.25) is 0 Å². The third-order valence-corrected chi connectivity index (χ3v) is 5.14. The molecule has 140 valence electrons. The van der Waals surface area contributed by atoms with Gasteiger partial charge in [0.05, 0.1) is 4.90 Å². The zero-order chi connectivity index (χ0) is 18.4. The van der Waals surface area contributed by atoms with Gasteiger partial charge in [0.2, 0.25) is 16.0 Å². The van der Waals surface area contributed by atoms with E-state index in [2.05, 4.69) is 25.5 Å². The molecule has 0 aliphatic carbocycles. The van der Waals surface area contributed by atoms with Crippen molar-refractivity contribution >= 4 is 27.5 Å². The number of nitrogens with zero attached hydrogens (tertiary/aromatic N) is 3. The predicted molar refractivity (Wildman–Crippen MR) is 102 cm³/mol. The monoisotopic (exact) mass is 376 g/mol. The van der Waals surface area contributed by atoms with Crippen molar-refractivity contribution in [3.8, 4) is 0 Å². The first-order chi connectivity index (χ1) is 12.5. The Bertz CT molecular complexity index is 837. The summed E-state index contributed by atoms with van der Waals surface area (Å²) in [4.78, 5) is 11.1. The Labute approximate surface area is 153 Å². The Kier molecular flexibility index (Phi) is 6.02. The Morgan fingerprint density at radius 3 is 2.77 bits per heavy atom. The summed E-state index contributed by atoms with van der Waals surface area (Å²) in [6, 6.07) is 8.05. The molecular formula is C17H24N6O2S. The van der Waals surface area contributed by atoms with Gasteiger partial charge in [-0.2, -0.15) is 4.98 Å². The fourth-order valence-corrected chi connectivity index (χ4v) is 3.48. The molecule has 1 aliphatic rings. The van der Waals surface area contributed by atoms with Gasteiger partial charge in [-0.25, -0.2) is 18.5 Å². The van der Waals surface area contributed by atoms with Crippen LogP contribution < -0.4 is 15.8 Å². The number of primary sulfonamides is 1. The van der Waals surface area contributed by atoms with Crippen LogP contribution in [0.3, 0.4) is 0 Å². The van der Waals surface area contributed by atoms with Crippen molar-refractivity contribution in [2.45, 2.75) is 24.2 Å². The highest BCUT2D eigenvalue weighted by Crippen LogP contribution is 2.18. The van der Waals surface area contributed by atoms with Gasteiger partial charge in [-0.15, -0.1) is 0 Å². The van der Waals surface area contributed by atoms with Gasteiger partial charge in [0.15, 0.2) is 0 Å². The molecule has 3 rings (SSSR count). The lowest BCUT2D eigenvalue weighted by atomic mass is 10.3. The number of benzene rings is 1. The van der Waals surface area contributed by atoms with Crippen molar-refractivity contribution in [1.82, 2.24) is 14.9 Å². The zero-order valence-electron chi connectivity index (χ0n) is 14.6. The standard InChI is InChI=1S/C17H24N6O2S/c18-26(24,25)15-6-3-5-14(13-15)21-17-20-9-7-16(22-17)19-8-4-12-23-10-1-2-11-23/h3,5-7,9,13H,1-2,4,8,10-12H2,(H2,18,24,25)(H2,19,20,21,22). The van der Waals surface area contributed by atoms with Crippen LogP contribution in [-0.2, 0) is 10.0 Å². The maximum Gasteiger partial charge on any atom is 0.238 e. The van der Waals surface area contributed by atoms with E-state index in [1.807, 2.05) is 6.07 Å². The number of anilines is 3. The molecule has 0 atom stereocenters. The molecule has 1 aromatic carbocycles. The van der Waals surface area contributed by atoms with E-state index in [0.29, 0.717) is 11.6 Å². The maximum atomic E-state index is 11.4. The van der Waals surface area contributed by atoms with Gasteiger partial charge in [0.25, 0.3) is 0 Å². The molecular weight excluding hydrogens is 352 g/mol. The molecule has 8 nitrogen and oxygen atoms in total. The second-order valence-corrected chi connectivity index (χ2v) is 7.85. The molecule has 0 saturated carbocycles. The van der Waals surface area contributed by atoms with Crippen LogP contribution in [0, 0.1) is 0 Å². The van der Waals surface area contributed by atoms with Crippen molar-refractivity contribution in [3.63, 3.8) is 0 Å². The van der Waals surface area contributed by atoms with Gasteiger partial charge in [0.1, 0.15) is 5.82 Å². The van der Waals surface area contributed by atoms with Crippen molar-refractivity contribution < 1.29 is 8.42 Å². The molecule has 9 heteroatoms. The van der Waals surface area contributed by atoms with E-state index in [9.17, 15) is 8.42 Å². The lowest BCUT2D eigenvalue weighted by Crippen LogP contribution is -2.22. The lowest BCUT2D eigenvalue weighted by molar-refractivity contribution is 0.337. The molecule has 0 bridgehead atoms. The number of rotatable bonds is 8. The normalized spacial score (nSPS) is 15.1. The Balaban J connectivity index is 1.55. The summed E-state index contributed by atoms with van der Waals surface area (Å²) < 4.78 is 22.9. The maximum absolute atomic E-state index is 11.4. The summed E-state index contributed by atoms with van der Waals surface area (Å²) in [6.45, 7) is 4.36. The van der Waals surface area contributed by atoms with Crippen LogP contribution in [0.25, 0.3) is 0 Å². The highest BCUT2D eigenvalue weighted by molar-refractivity contribution is 7.89. The molecule has 0 unspecified atom stereocenters. The van der Waals surface area contributed by atoms with E-state index in [1.54, 1.807) is 18.3 Å². The third-order valence-electron chi connectivity index (χ3n) is 4.23. The second kappa shape index (κ2) is 8.43. The summed E-state index contributed by atoms with van der Waals surface area (Å²) >= 11 is 0. The molecule has 0 spiro atoms. The number of hydrogen-bond donors (Lipinski definition) is 3. The fraction of sp³-hybridized carbons (Fsp3) is 0.412. The average Bonchev–Trinajstić information content (AvgIpc) is 3.12.